The third-order valence-corrected chi connectivity index (χ3v) is 5.07. The van der Waals surface area contributed by atoms with Gasteiger partial charge in [-0.05, 0) is 30.7 Å². The highest BCUT2D eigenvalue weighted by Gasteiger charge is 2.27. The first-order valence-electron chi connectivity index (χ1n) is 8.22. The Balaban J connectivity index is 1.57. The first kappa shape index (κ1) is 17.3. The van der Waals surface area contributed by atoms with Crippen LogP contribution in [-0.2, 0) is 9.53 Å². The van der Waals surface area contributed by atoms with E-state index < -0.39 is 0 Å². The van der Waals surface area contributed by atoms with Crippen molar-refractivity contribution in [3.05, 3.63) is 24.3 Å². The Bertz CT molecular complexity index is 585. The van der Waals surface area contributed by atoms with Gasteiger partial charge in [-0.25, -0.2) is 4.99 Å². The molecule has 0 N–H and O–H groups in total. The van der Waals surface area contributed by atoms with Crippen LogP contribution in [0, 0.1) is 0 Å². The monoisotopic (exact) mass is 349 g/mol. The van der Waals surface area contributed by atoms with E-state index in [0.29, 0.717) is 5.75 Å². The van der Waals surface area contributed by atoms with Crippen LogP contribution in [0.1, 0.15) is 6.42 Å². The lowest BCUT2D eigenvalue weighted by molar-refractivity contribution is -0.124. The highest BCUT2D eigenvalue weighted by atomic mass is 32.2. The summed E-state index contributed by atoms with van der Waals surface area (Å²) >= 11 is 1.51. The fourth-order valence-electron chi connectivity index (χ4n) is 2.75. The standard InChI is InChI=1S/C17H23N3O3S/c1-22-15-5-3-14(4-6-15)18-17-20(16(21)13-24-17)8-2-7-19-9-11-23-12-10-19/h3-6H,2,7-13H2,1H3. The van der Waals surface area contributed by atoms with Crippen molar-refractivity contribution in [1.29, 1.82) is 0 Å². The molecule has 2 aliphatic heterocycles. The number of methoxy groups -OCH3 is 1. The van der Waals surface area contributed by atoms with E-state index in [-0.39, 0.29) is 5.91 Å². The number of morpholine rings is 1. The van der Waals surface area contributed by atoms with Gasteiger partial charge in [0.05, 0.1) is 31.8 Å². The molecule has 1 aromatic rings. The van der Waals surface area contributed by atoms with Crippen molar-refractivity contribution >= 4 is 28.5 Å². The molecule has 2 fully saturated rings. The van der Waals surface area contributed by atoms with Crippen molar-refractivity contribution in [2.75, 3.05) is 52.3 Å². The number of thioether (sulfide) groups is 1. The molecule has 1 amide bonds. The highest BCUT2D eigenvalue weighted by Crippen LogP contribution is 2.25. The van der Waals surface area contributed by atoms with E-state index in [9.17, 15) is 4.79 Å². The van der Waals surface area contributed by atoms with Crippen LogP contribution in [0.3, 0.4) is 0 Å². The zero-order valence-corrected chi connectivity index (χ0v) is 14.8. The number of amidine groups is 1. The van der Waals surface area contributed by atoms with Gasteiger partial charge in [0, 0.05) is 26.2 Å². The summed E-state index contributed by atoms with van der Waals surface area (Å²) in [6.07, 6.45) is 0.952. The summed E-state index contributed by atoms with van der Waals surface area (Å²) in [6, 6.07) is 7.56. The summed E-state index contributed by atoms with van der Waals surface area (Å²) in [5.41, 5.74) is 0.839. The number of benzene rings is 1. The maximum absolute atomic E-state index is 12.1. The average Bonchev–Trinajstić information content (AvgIpc) is 2.97. The number of carbonyl (C=O) groups is 1. The van der Waals surface area contributed by atoms with Crippen molar-refractivity contribution in [2.45, 2.75) is 6.42 Å². The number of amides is 1. The predicted octanol–water partition coefficient (Wildman–Crippen LogP) is 1.98. The SMILES string of the molecule is COc1ccc(N=C2SCC(=O)N2CCCN2CCOCC2)cc1. The fourth-order valence-corrected chi connectivity index (χ4v) is 3.67. The minimum absolute atomic E-state index is 0.147. The maximum Gasteiger partial charge on any atom is 0.239 e. The number of nitrogens with zero attached hydrogens (tertiary/aromatic N) is 3. The summed E-state index contributed by atoms with van der Waals surface area (Å²) < 4.78 is 10.5. The summed E-state index contributed by atoms with van der Waals surface area (Å²) in [7, 11) is 1.64. The molecule has 0 saturated carbocycles. The molecule has 130 valence electrons. The molecule has 0 unspecified atom stereocenters. The zero-order chi connectivity index (χ0) is 16.8. The number of rotatable bonds is 6. The zero-order valence-electron chi connectivity index (χ0n) is 13.9. The first-order chi connectivity index (χ1) is 11.8. The van der Waals surface area contributed by atoms with Gasteiger partial charge in [0.2, 0.25) is 5.91 Å². The van der Waals surface area contributed by atoms with E-state index in [1.165, 1.54) is 11.8 Å². The molecular weight excluding hydrogens is 326 g/mol. The Hall–Kier alpha value is -1.57. The third kappa shape index (κ3) is 4.49. The third-order valence-electron chi connectivity index (χ3n) is 4.11. The molecule has 1 aromatic carbocycles. The molecule has 2 aliphatic rings. The van der Waals surface area contributed by atoms with Crippen LogP contribution < -0.4 is 4.74 Å². The molecule has 0 spiro atoms. The molecule has 2 heterocycles. The molecule has 3 rings (SSSR count). The molecule has 0 aromatic heterocycles. The second-order valence-corrected chi connectivity index (χ2v) is 6.68. The molecule has 0 bridgehead atoms. The second-order valence-electron chi connectivity index (χ2n) is 5.73. The summed E-state index contributed by atoms with van der Waals surface area (Å²) in [5.74, 6) is 1.43. The maximum atomic E-state index is 12.1. The number of aliphatic imine (C=N–C) groups is 1. The van der Waals surface area contributed by atoms with Gasteiger partial charge in [0.1, 0.15) is 5.75 Å². The van der Waals surface area contributed by atoms with Crippen LogP contribution in [0.4, 0.5) is 5.69 Å². The van der Waals surface area contributed by atoms with E-state index in [1.54, 1.807) is 7.11 Å². The second kappa shape index (κ2) is 8.50. The van der Waals surface area contributed by atoms with Crippen molar-refractivity contribution in [3.63, 3.8) is 0 Å². The fraction of sp³-hybridized carbons (Fsp3) is 0.529. The van der Waals surface area contributed by atoms with Gasteiger partial charge in [-0.2, -0.15) is 0 Å². The quantitative estimate of drug-likeness (QED) is 0.786. The van der Waals surface area contributed by atoms with Gasteiger partial charge >= 0.3 is 0 Å². The average molecular weight is 349 g/mol. The number of hydrogen-bond acceptors (Lipinski definition) is 6. The lowest BCUT2D eigenvalue weighted by Gasteiger charge is -2.27. The van der Waals surface area contributed by atoms with Crippen LogP contribution in [0.2, 0.25) is 0 Å². The molecule has 0 radical (unpaired) electrons. The minimum atomic E-state index is 0.147. The van der Waals surface area contributed by atoms with Crippen LogP contribution in [0.5, 0.6) is 5.75 Å². The largest absolute Gasteiger partial charge is 0.497 e. The van der Waals surface area contributed by atoms with E-state index in [4.69, 9.17) is 9.47 Å². The van der Waals surface area contributed by atoms with E-state index in [1.807, 2.05) is 29.2 Å². The van der Waals surface area contributed by atoms with Gasteiger partial charge in [0.25, 0.3) is 0 Å². The van der Waals surface area contributed by atoms with Gasteiger partial charge in [0.15, 0.2) is 5.17 Å². The van der Waals surface area contributed by atoms with E-state index in [0.717, 1.165) is 62.4 Å². The van der Waals surface area contributed by atoms with Gasteiger partial charge in [-0.15, -0.1) is 0 Å². The lowest BCUT2D eigenvalue weighted by atomic mass is 10.3. The summed E-state index contributed by atoms with van der Waals surface area (Å²) in [4.78, 5) is 21.0. The van der Waals surface area contributed by atoms with Crippen LogP contribution in [0.25, 0.3) is 0 Å². The van der Waals surface area contributed by atoms with Crippen LogP contribution in [-0.4, -0.2) is 73.1 Å². The van der Waals surface area contributed by atoms with Crippen molar-refractivity contribution in [1.82, 2.24) is 9.80 Å². The van der Waals surface area contributed by atoms with Crippen LogP contribution in [0.15, 0.2) is 29.3 Å². The lowest BCUT2D eigenvalue weighted by Crippen LogP contribution is -2.39. The van der Waals surface area contributed by atoms with Crippen molar-refractivity contribution in [2.24, 2.45) is 4.99 Å². The van der Waals surface area contributed by atoms with Gasteiger partial charge in [-0.3, -0.25) is 14.6 Å². The molecule has 2 saturated heterocycles. The Morgan fingerprint density at radius 1 is 1.21 bits per heavy atom. The normalized spacial score (nSPS) is 20.8. The molecule has 0 aliphatic carbocycles. The van der Waals surface area contributed by atoms with Gasteiger partial charge in [-0.1, -0.05) is 11.8 Å². The predicted molar refractivity (Wildman–Crippen MR) is 96.1 cm³/mol. The topological polar surface area (TPSA) is 54.4 Å². The highest BCUT2D eigenvalue weighted by molar-refractivity contribution is 8.15. The van der Waals surface area contributed by atoms with E-state index in [2.05, 4.69) is 9.89 Å². The molecule has 7 heteroatoms. The van der Waals surface area contributed by atoms with E-state index >= 15 is 0 Å². The number of ether oxygens (including phenoxy) is 2. The Morgan fingerprint density at radius 3 is 2.67 bits per heavy atom. The molecule has 0 atom stereocenters. The summed E-state index contributed by atoms with van der Waals surface area (Å²) in [5, 5.41) is 0.798. The molecule has 24 heavy (non-hydrogen) atoms. The molecule has 6 nitrogen and oxygen atoms in total. The minimum Gasteiger partial charge on any atom is -0.497 e. The first-order valence-corrected chi connectivity index (χ1v) is 9.21. The Labute approximate surface area is 146 Å². The summed E-state index contributed by atoms with van der Waals surface area (Å²) in [6.45, 7) is 5.29. The smallest absolute Gasteiger partial charge is 0.239 e. The Kier molecular flexibility index (Phi) is 6.12. The number of carbonyl (C=O) groups excluding carboxylic acids is 1. The van der Waals surface area contributed by atoms with Gasteiger partial charge < -0.3 is 9.47 Å². The van der Waals surface area contributed by atoms with Crippen LogP contribution >= 0.6 is 11.8 Å². The Morgan fingerprint density at radius 2 is 1.96 bits per heavy atom. The molecular formula is C17H23N3O3S. The van der Waals surface area contributed by atoms with Crippen molar-refractivity contribution < 1.29 is 14.3 Å². The van der Waals surface area contributed by atoms with Crippen molar-refractivity contribution in [3.8, 4) is 5.75 Å². The number of hydrogen-bond donors (Lipinski definition) is 0.